The normalized spacial score (nSPS) is 14.9. The number of anilines is 1. The van der Waals surface area contributed by atoms with Gasteiger partial charge in [0, 0.05) is 23.7 Å². The van der Waals surface area contributed by atoms with Crippen molar-refractivity contribution in [3.8, 4) is 5.75 Å². The summed E-state index contributed by atoms with van der Waals surface area (Å²) >= 11 is 0. The van der Waals surface area contributed by atoms with Gasteiger partial charge in [-0.2, -0.15) is 0 Å². The molecule has 1 aromatic carbocycles. The monoisotopic (exact) mass is 289 g/mol. The maximum Gasteiger partial charge on any atom is 0.261 e. The number of carbonyl (C=O) groups excluding carboxylic acids is 1. The van der Waals surface area contributed by atoms with Crippen LogP contribution in [0.15, 0.2) is 17.0 Å². The van der Waals surface area contributed by atoms with Gasteiger partial charge in [-0.3, -0.25) is 4.79 Å². The largest absolute Gasteiger partial charge is 0.489 e. The molecule has 0 radical (unpaired) electrons. The third kappa shape index (κ3) is 2.30. The minimum absolute atomic E-state index is 0.00770. The fraction of sp³-hybridized carbons (Fsp3) is 0.364. The van der Waals surface area contributed by atoms with Crippen LogP contribution < -0.4 is 9.64 Å². The molecule has 1 amide bonds. The SMILES string of the molecule is CC(=O)N1CCOc2cc(S(=O)(=O)Cl)c(C)cc21. The van der Waals surface area contributed by atoms with Gasteiger partial charge in [-0.25, -0.2) is 8.42 Å². The molecule has 1 aliphatic rings. The van der Waals surface area contributed by atoms with Gasteiger partial charge in [0.2, 0.25) is 5.91 Å². The van der Waals surface area contributed by atoms with E-state index in [1.165, 1.54) is 13.0 Å². The number of hydrogen-bond acceptors (Lipinski definition) is 4. The van der Waals surface area contributed by atoms with Crippen LogP contribution >= 0.6 is 10.7 Å². The van der Waals surface area contributed by atoms with Gasteiger partial charge in [-0.1, -0.05) is 0 Å². The second-order valence-electron chi connectivity index (χ2n) is 4.04. The molecule has 0 aliphatic carbocycles. The maximum absolute atomic E-state index is 11.5. The molecule has 0 saturated heterocycles. The van der Waals surface area contributed by atoms with Gasteiger partial charge in [0.15, 0.2) is 0 Å². The highest BCUT2D eigenvalue weighted by Crippen LogP contribution is 2.36. The lowest BCUT2D eigenvalue weighted by molar-refractivity contribution is -0.116. The predicted octanol–water partition coefficient (Wildman–Crippen LogP) is 1.67. The summed E-state index contributed by atoms with van der Waals surface area (Å²) in [5.41, 5.74) is 1.07. The molecular weight excluding hydrogens is 278 g/mol. The molecule has 1 aromatic rings. The summed E-state index contributed by atoms with van der Waals surface area (Å²) in [5, 5.41) is 0. The standard InChI is InChI=1S/C11H12ClNO4S/c1-7-5-9-10(6-11(7)18(12,15)16)17-4-3-13(9)8(2)14/h5-6H,3-4H2,1-2H3. The second-order valence-corrected chi connectivity index (χ2v) is 6.58. The average Bonchev–Trinajstić information content (AvgIpc) is 2.25. The Bertz CT molecular complexity index is 612. The molecule has 0 aromatic heterocycles. The molecule has 2 rings (SSSR count). The number of halogens is 1. The zero-order valence-electron chi connectivity index (χ0n) is 9.94. The molecule has 0 atom stereocenters. The molecule has 7 heteroatoms. The molecule has 0 bridgehead atoms. The number of carbonyl (C=O) groups is 1. The number of rotatable bonds is 1. The van der Waals surface area contributed by atoms with Gasteiger partial charge >= 0.3 is 0 Å². The van der Waals surface area contributed by atoms with Crippen LogP contribution in [0.1, 0.15) is 12.5 Å². The number of amides is 1. The number of ether oxygens (including phenoxy) is 1. The molecule has 18 heavy (non-hydrogen) atoms. The summed E-state index contributed by atoms with van der Waals surface area (Å²) in [5.74, 6) is 0.252. The van der Waals surface area contributed by atoms with Crippen LogP contribution in [-0.4, -0.2) is 27.5 Å². The highest BCUT2D eigenvalue weighted by molar-refractivity contribution is 8.13. The first-order valence-electron chi connectivity index (χ1n) is 5.31. The maximum atomic E-state index is 11.5. The Balaban J connectivity index is 2.61. The summed E-state index contributed by atoms with van der Waals surface area (Å²) < 4.78 is 28.1. The van der Waals surface area contributed by atoms with Crippen LogP contribution in [0.25, 0.3) is 0 Å². The van der Waals surface area contributed by atoms with E-state index >= 15 is 0 Å². The van der Waals surface area contributed by atoms with Crippen molar-refractivity contribution in [2.75, 3.05) is 18.1 Å². The molecule has 0 unspecified atom stereocenters. The van der Waals surface area contributed by atoms with Crippen molar-refractivity contribution in [1.29, 1.82) is 0 Å². The summed E-state index contributed by atoms with van der Waals surface area (Å²) in [7, 11) is 1.53. The lowest BCUT2D eigenvalue weighted by atomic mass is 10.1. The van der Waals surface area contributed by atoms with Crippen molar-refractivity contribution in [1.82, 2.24) is 0 Å². The third-order valence-corrected chi connectivity index (χ3v) is 4.23. The molecule has 0 saturated carbocycles. The molecule has 98 valence electrons. The van der Waals surface area contributed by atoms with Crippen molar-refractivity contribution in [2.24, 2.45) is 0 Å². The van der Waals surface area contributed by atoms with Gasteiger partial charge in [-0.05, 0) is 18.6 Å². The van der Waals surface area contributed by atoms with E-state index in [-0.39, 0.29) is 10.8 Å². The average molecular weight is 290 g/mol. The van der Waals surface area contributed by atoms with Crippen molar-refractivity contribution < 1.29 is 17.9 Å². The Kier molecular flexibility index (Phi) is 3.25. The van der Waals surface area contributed by atoms with Crippen LogP contribution in [0.4, 0.5) is 5.69 Å². The molecule has 0 N–H and O–H groups in total. The minimum atomic E-state index is -3.82. The van der Waals surface area contributed by atoms with Gasteiger partial charge in [0.05, 0.1) is 17.1 Å². The summed E-state index contributed by atoms with van der Waals surface area (Å²) in [6.07, 6.45) is 0. The molecule has 5 nitrogen and oxygen atoms in total. The van der Waals surface area contributed by atoms with Crippen LogP contribution in [0, 0.1) is 6.92 Å². The van der Waals surface area contributed by atoms with E-state index in [0.29, 0.717) is 30.2 Å². The third-order valence-electron chi connectivity index (χ3n) is 2.76. The van der Waals surface area contributed by atoms with Crippen LogP contribution in [0.3, 0.4) is 0 Å². The van der Waals surface area contributed by atoms with Crippen molar-refractivity contribution in [3.05, 3.63) is 17.7 Å². The van der Waals surface area contributed by atoms with Gasteiger partial charge in [0.25, 0.3) is 9.05 Å². The minimum Gasteiger partial charge on any atom is -0.489 e. The zero-order valence-corrected chi connectivity index (χ0v) is 11.5. The Morgan fingerprint density at radius 1 is 1.44 bits per heavy atom. The molecule has 1 heterocycles. The van der Waals surface area contributed by atoms with Crippen LogP contribution in [-0.2, 0) is 13.8 Å². The van der Waals surface area contributed by atoms with E-state index in [4.69, 9.17) is 15.4 Å². The predicted molar refractivity (Wildman–Crippen MR) is 67.7 cm³/mol. The first-order chi connectivity index (χ1) is 8.30. The Labute approximate surface area is 110 Å². The molecule has 0 spiro atoms. The van der Waals surface area contributed by atoms with Crippen molar-refractivity contribution >= 4 is 31.3 Å². The summed E-state index contributed by atoms with van der Waals surface area (Å²) in [4.78, 5) is 13.0. The smallest absolute Gasteiger partial charge is 0.261 e. The number of fused-ring (bicyclic) bond motifs is 1. The van der Waals surface area contributed by atoms with E-state index in [1.807, 2.05) is 0 Å². The number of benzene rings is 1. The van der Waals surface area contributed by atoms with E-state index < -0.39 is 9.05 Å². The first-order valence-corrected chi connectivity index (χ1v) is 7.62. The fourth-order valence-electron chi connectivity index (χ4n) is 1.94. The Morgan fingerprint density at radius 2 is 2.11 bits per heavy atom. The highest BCUT2D eigenvalue weighted by atomic mass is 35.7. The van der Waals surface area contributed by atoms with E-state index in [1.54, 1.807) is 17.9 Å². The molecule has 1 aliphatic heterocycles. The van der Waals surface area contributed by atoms with E-state index in [9.17, 15) is 13.2 Å². The summed E-state index contributed by atoms with van der Waals surface area (Å²) in [6, 6.07) is 2.97. The lowest BCUT2D eigenvalue weighted by Gasteiger charge is -2.29. The first kappa shape index (κ1) is 13.2. The van der Waals surface area contributed by atoms with Gasteiger partial charge in [0.1, 0.15) is 12.4 Å². The second kappa shape index (κ2) is 4.44. The summed E-state index contributed by atoms with van der Waals surface area (Å²) in [6.45, 7) is 3.87. The number of hydrogen-bond donors (Lipinski definition) is 0. The van der Waals surface area contributed by atoms with E-state index in [2.05, 4.69) is 0 Å². The van der Waals surface area contributed by atoms with Crippen LogP contribution in [0.2, 0.25) is 0 Å². The highest BCUT2D eigenvalue weighted by Gasteiger charge is 2.25. The topological polar surface area (TPSA) is 63.7 Å². The van der Waals surface area contributed by atoms with Crippen LogP contribution in [0.5, 0.6) is 5.75 Å². The van der Waals surface area contributed by atoms with Crippen molar-refractivity contribution in [2.45, 2.75) is 18.7 Å². The molecular formula is C11H12ClNO4S. The van der Waals surface area contributed by atoms with Gasteiger partial charge < -0.3 is 9.64 Å². The number of aryl methyl sites for hydroxylation is 1. The van der Waals surface area contributed by atoms with Crippen molar-refractivity contribution in [3.63, 3.8) is 0 Å². The Hall–Kier alpha value is -1.27. The Morgan fingerprint density at radius 3 is 2.67 bits per heavy atom. The quantitative estimate of drug-likeness (QED) is 0.738. The number of nitrogens with zero attached hydrogens (tertiary/aromatic N) is 1. The van der Waals surface area contributed by atoms with E-state index in [0.717, 1.165) is 0 Å². The fourth-order valence-corrected chi connectivity index (χ4v) is 3.13. The van der Waals surface area contributed by atoms with Gasteiger partial charge in [-0.15, -0.1) is 0 Å². The zero-order chi connectivity index (χ0) is 13.5. The molecule has 0 fully saturated rings. The lowest BCUT2D eigenvalue weighted by Crippen LogP contribution is -2.36.